The molecule has 0 bridgehead atoms. The van der Waals surface area contributed by atoms with Crippen molar-refractivity contribution in [2.75, 3.05) is 13.1 Å². The third-order valence-electron chi connectivity index (χ3n) is 4.94. The average Bonchev–Trinajstić information content (AvgIpc) is 3.08. The molecule has 4 heterocycles. The second-order valence-electron chi connectivity index (χ2n) is 6.63. The molecular weight excluding hydrogens is 320 g/mol. The van der Waals surface area contributed by atoms with Crippen molar-refractivity contribution in [3.63, 3.8) is 0 Å². The third-order valence-corrected chi connectivity index (χ3v) is 4.94. The van der Waals surface area contributed by atoms with E-state index in [1.54, 1.807) is 23.1 Å². The number of hydrogen-bond donors (Lipinski definition) is 0. The largest absolute Gasteiger partial charge is 0.463 e. The highest BCUT2D eigenvalue weighted by atomic mass is 16.3. The molecule has 25 heavy (non-hydrogen) atoms. The van der Waals surface area contributed by atoms with Crippen molar-refractivity contribution in [2.24, 2.45) is 0 Å². The lowest BCUT2D eigenvalue weighted by Gasteiger charge is -2.20. The molecule has 0 atom stereocenters. The van der Waals surface area contributed by atoms with E-state index in [2.05, 4.69) is 5.10 Å². The minimum atomic E-state index is -0.156. The highest BCUT2D eigenvalue weighted by Crippen LogP contribution is 2.18. The summed E-state index contributed by atoms with van der Waals surface area (Å²) in [6.07, 6.45) is 8.92. The summed E-state index contributed by atoms with van der Waals surface area (Å²) in [5.41, 5.74) is 1.90. The van der Waals surface area contributed by atoms with E-state index in [0.29, 0.717) is 30.5 Å². The van der Waals surface area contributed by atoms with E-state index in [0.717, 1.165) is 31.4 Å². The Hall–Kier alpha value is -2.57. The van der Waals surface area contributed by atoms with Crippen molar-refractivity contribution in [1.29, 1.82) is 0 Å². The molecule has 3 aromatic rings. The molecule has 0 radical (unpaired) electrons. The Morgan fingerprint density at radius 3 is 2.76 bits per heavy atom. The number of aromatic nitrogens is 3. The van der Waals surface area contributed by atoms with Gasteiger partial charge < -0.3 is 9.32 Å². The molecule has 7 heteroatoms. The molecule has 3 aromatic heterocycles. The molecule has 1 aliphatic rings. The van der Waals surface area contributed by atoms with Crippen LogP contribution in [0.2, 0.25) is 0 Å². The van der Waals surface area contributed by atoms with Crippen molar-refractivity contribution in [3.8, 4) is 0 Å². The Morgan fingerprint density at radius 1 is 1.16 bits per heavy atom. The van der Waals surface area contributed by atoms with Crippen LogP contribution in [0.5, 0.6) is 0 Å². The molecule has 0 unspecified atom stereocenters. The molecule has 7 nitrogen and oxygen atoms in total. The topological polar surface area (TPSA) is 72.7 Å². The first-order valence-corrected chi connectivity index (χ1v) is 8.96. The van der Waals surface area contributed by atoms with Gasteiger partial charge in [-0.2, -0.15) is 5.10 Å². The van der Waals surface area contributed by atoms with Crippen LogP contribution in [-0.4, -0.2) is 38.1 Å². The fourth-order valence-corrected chi connectivity index (χ4v) is 3.55. The van der Waals surface area contributed by atoms with Gasteiger partial charge in [0.1, 0.15) is 11.8 Å². The van der Waals surface area contributed by atoms with E-state index in [1.807, 2.05) is 11.0 Å². The summed E-state index contributed by atoms with van der Waals surface area (Å²) >= 11 is 0. The molecule has 1 amide bonds. The van der Waals surface area contributed by atoms with Gasteiger partial charge in [-0.1, -0.05) is 12.8 Å². The van der Waals surface area contributed by atoms with Gasteiger partial charge in [-0.15, -0.1) is 0 Å². The summed E-state index contributed by atoms with van der Waals surface area (Å²) in [7, 11) is 0. The number of aryl methyl sites for hydroxylation is 1. The zero-order valence-corrected chi connectivity index (χ0v) is 14.2. The second-order valence-corrected chi connectivity index (χ2v) is 6.63. The van der Waals surface area contributed by atoms with Crippen LogP contribution in [0.15, 0.2) is 33.9 Å². The summed E-state index contributed by atoms with van der Waals surface area (Å²) in [6, 6.07) is 3.55. The van der Waals surface area contributed by atoms with Crippen LogP contribution in [0.3, 0.4) is 0 Å². The lowest BCUT2D eigenvalue weighted by molar-refractivity contribution is -0.131. The highest BCUT2D eigenvalue weighted by Gasteiger charge is 2.15. The number of furan rings is 1. The van der Waals surface area contributed by atoms with Crippen LogP contribution < -0.4 is 5.56 Å². The van der Waals surface area contributed by atoms with Gasteiger partial charge in [0.05, 0.1) is 11.8 Å². The molecule has 0 saturated carbocycles. The maximum absolute atomic E-state index is 12.6. The van der Waals surface area contributed by atoms with Crippen LogP contribution in [0, 0.1) is 0 Å². The number of carbonyl (C=O) groups is 1. The van der Waals surface area contributed by atoms with E-state index >= 15 is 0 Å². The Bertz CT molecular complexity index is 944. The van der Waals surface area contributed by atoms with Crippen LogP contribution in [0.4, 0.5) is 0 Å². The number of hydrogen-bond acceptors (Lipinski definition) is 4. The fourth-order valence-electron chi connectivity index (χ4n) is 3.55. The van der Waals surface area contributed by atoms with Gasteiger partial charge in [-0.3, -0.25) is 14.0 Å². The van der Waals surface area contributed by atoms with Crippen molar-refractivity contribution < 1.29 is 9.21 Å². The van der Waals surface area contributed by atoms with E-state index in [1.165, 1.54) is 17.5 Å². The summed E-state index contributed by atoms with van der Waals surface area (Å²) < 4.78 is 8.51. The molecule has 0 spiro atoms. The van der Waals surface area contributed by atoms with Gasteiger partial charge in [0, 0.05) is 38.2 Å². The van der Waals surface area contributed by atoms with Crippen molar-refractivity contribution in [3.05, 3.63) is 35.1 Å². The number of nitrogens with zero attached hydrogens (tertiary/aromatic N) is 4. The molecule has 4 rings (SSSR count). The standard InChI is InChI=1S/C18H22N4O3/c23-17(20-8-3-1-2-4-9-20)6-5-10-22-18(24)15-12-16-14(7-11-25-16)21(15)13-19-22/h7,11-13H,1-6,8-10H2. The summed E-state index contributed by atoms with van der Waals surface area (Å²) in [5.74, 6) is 0.191. The Morgan fingerprint density at radius 2 is 1.96 bits per heavy atom. The van der Waals surface area contributed by atoms with Gasteiger partial charge in [-0.05, 0) is 19.3 Å². The first kappa shape index (κ1) is 15.9. The highest BCUT2D eigenvalue weighted by molar-refractivity contribution is 5.81. The SMILES string of the molecule is O=C(CCCn1ncn2c(cc3occc32)c1=O)N1CCCCCC1. The van der Waals surface area contributed by atoms with Gasteiger partial charge >= 0.3 is 0 Å². The van der Waals surface area contributed by atoms with Gasteiger partial charge in [0.15, 0.2) is 5.58 Å². The second kappa shape index (κ2) is 6.74. The third kappa shape index (κ3) is 3.06. The number of fused-ring (bicyclic) bond motifs is 3. The predicted octanol–water partition coefficient (Wildman–Crippen LogP) is 2.43. The quantitative estimate of drug-likeness (QED) is 0.730. The summed E-state index contributed by atoms with van der Waals surface area (Å²) in [5, 5.41) is 4.23. The summed E-state index contributed by atoms with van der Waals surface area (Å²) in [6.45, 7) is 2.18. The molecular formula is C18H22N4O3. The lowest BCUT2D eigenvalue weighted by Crippen LogP contribution is -2.32. The average molecular weight is 342 g/mol. The normalized spacial score (nSPS) is 15.8. The lowest BCUT2D eigenvalue weighted by atomic mass is 10.2. The zero-order valence-electron chi connectivity index (χ0n) is 14.2. The molecule has 1 fully saturated rings. The number of likely N-dealkylation sites (tertiary alicyclic amines) is 1. The minimum Gasteiger partial charge on any atom is -0.463 e. The molecule has 0 N–H and O–H groups in total. The number of amides is 1. The van der Waals surface area contributed by atoms with Crippen LogP contribution in [-0.2, 0) is 11.3 Å². The fraction of sp³-hybridized carbons (Fsp3) is 0.500. The zero-order chi connectivity index (χ0) is 17.2. The van der Waals surface area contributed by atoms with E-state index < -0.39 is 0 Å². The van der Waals surface area contributed by atoms with E-state index in [9.17, 15) is 9.59 Å². The minimum absolute atomic E-state index is 0.156. The number of carbonyl (C=O) groups excluding carboxylic acids is 1. The number of rotatable bonds is 4. The molecule has 1 aliphatic heterocycles. The van der Waals surface area contributed by atoms with Crippen LogP contribution in [0.1, 0.15) is 38.5 Å². The summed E-state index contributed by atoms with van der Waals surface area (Å²) in [4.78, 5) is 26.9. The molecule has 0 aromatic carbocycles. The van der Waals surface area contributed by atoms with Gasteiger partial charge in [0.25, 0.3) is 5.56 Å². The van der Waals surface area contributed by atoms with E-state index in [4.69, 9.17) is 4.42 Å². The first-order chi connectivity index (χ1) is 12.2. The smallest absolute Gasteiger partial charge is 0.291 e. The Balaban J connectivity index is 1.43. The monoisotopic (exact) mass is 342 g/mol. The van der Waals surface area contributed by atoms with Gasteiger partial charge in [0.2, 0.25) is 5.91 Å². The molecule has 0 aliphatic carbocycles. The maximum Gasteiger partial charge on any atom is 0.291 e. The van der Waals surface area contributed by atoms with Crippen molar-refractivity contribution in [2.45, 2.75) is 45.1 Å². The van der Waals surface area contributed by atoms with Gasteiger partial charge in [-0.25, -0.2) is 4.68 Å². The first-order valence-electron chi connectivity index (χ1n) is 8.96. The van der Waals surface area contributed by atoms with E-state index in [-0.39, 0.29) is 11.5 Å². The predicted molar refractivity (Wildman–Crippen MR) is 93.5 cm³/mol. The van der Waals surface area contributed by atoms with Crippen molar-refractivity contribution in [1.82, 2.24) is 19.1 Å². The maximum atomic E-state index is 12.6. The van der Waals surface area contributed by atoms with Crippen LogP contribution >= 0.6 is 0 Å². The van der Waals surface area contributed by atoms with Crippen molar-refractivity contribution >= 4 is 22.5 Å². The Labute approximate surface area is 144 Å². The Kier molecular flexibility index (Phi) is 4.29. The molecule has 132 valence electrons. The molecule has 1 saturated heterocycles. The van der Waals surface area contributed by atoms with Crippen LogP contribution in [0.25, 0.3) is 16.6 Å².